The molecule has 0 bridgehead atoms. The van der Waals surface area contributed by atoms with Gasteiger partial charge in [-0.05, 0) is 53.9 Å². The van der Waals surface area contributed by atoms with Gasteiger partial charge < -0.3 is 0 Å². The van der Waals surface area contributed by atoms with Crippen molar-refractivity contribution in [2.45, 2.75) is 20.8 Å². The van der Waals surface area contributed by atoms with Gasteiger partial charge in [0.05, 0.1) is 5.52 Å². The minimum absolute atomic E-state index is 1.07. The van der Waals surface area contributed by atoms with Crippen LogP contribution in [0.25, 0.3) is 10.9 Å². The minimum Gasteiger partial charge on any atom is -0.252 e. The molecule has 0 atom stereocenters. The first-order valence-electron chi connectivity index (χ1n) is 4.62. The lowest BCUT2D eigenvalue weighted by Gasteiger charge is -2.07. The molecule has 0 N–H and O–H groups in total. The lowest BCUT2D eigenvalue weighted by molar-refractivity contribution is 1.22. The SMILES string of the molecule is Cc1cc(C)c2ccc(C)c(Br)c2n1. The fourth-order valence-corrected chi connectivity index (χ4v) is 2.13. The van der Waals surface area contributed by atoms with Crippen molar-refractivity contribution >= 4 is 26.8 Å². The Bertz CT molecular complexity index is 503. The molecule has 0 amide bonds. The van der Waals surface area contributed by atoms with Crippen molar-refractivity contribution < 1.29 is 0 Å². The van der Waals surface area contributed by atoms with Gasteiger partial charge in [-0.1, -0.05) is 12.1 Å². The zero-order chi connectivity index (χ0) is 10.3. The number of aromatic nitrogens is 1. The van der Waals surface area contributed by atoms with Gasteiger partial charge in [0.15, 0.2) is 0 Å². The summed E-state index contributed by atoms with van der Waals surface area (Å²) in [5.74, 6) is 0. The van der Waals surface area contributed by atoms with Crippen molar-refractivity contribution in [1.29, 1.82) is 0 Å². The van der Waals surface area contributed by atoms with Crippen LogP contribution in [0.2, 0.25) is 0 Å². The van der Waals surface area contributed by atoms with Crippen LogP contribution in [0.3, 0.4) is 0 Å². The van der Waals surface area contributed by atoms with E-state index in [-0.39, 0.29) is 0 Å². The molecule has 0 aliphatic rings. The molecule has 14 heavy (non-hydrogen) atoms. The number of pyridine rings is 1. The molecular weight excluding hydrogens is 238 g/mol. The van der Waals surface area contributed by atoms with E-state index in [0.29, 0.717) is 0 Å². The molecule has 2 heteroatoms. The molecule has 1 heterocycles. The summed E-state index contributed by atoms with van der Waals surface area (Å²) in [4.78, 5) is 4.55. The number of benzene rings is 1. The third-order valence-electron chi connectivity index (χ3n) is 2.45. The number of hydrogen-bond acceptors (Lipinski definition) is 1. The third kappa shape index (κ3) is 1.44. The molecule has 0 saturated heterocycles. The average Bonchev–Trinajstić information content (AvgIpc) is 2.12. The highest BCUT2D eigenvalue weighted by molar-refractivity contribution is 9.10. The third-order valence-corrected chi connectivity index (χ3v) is 3.45. The predicted molar refractivity (Wildman–Crippen MR) is 63.7 cm³/mol. The Labute approximate surface area is 92.3 Å². The maximum Gasteiger partial charge on any atom is 0.0852 e. The molecule has 72 valence electrons. The summed E-state index contributed by atoms with van der Waals surface area (Å²) in [6.45, 7) is 6.24. The Morgan fingerprint density at radius 2 is 1.79 bits per heavy atom. The Morgan fingerprint density at radius 3 is 2.50 bits per heavy atom. The monoisotopic (exact) mass is 249 g/mol. The van der Waals surface area contributed by atoms with Gasteiger partial charge in [0, 0.05) is 15.6 Å². The maximum atomic E-state index is 4.55. The summed E-state index contributed by atoms with van der Waals surface area (Å²) < 4.78 is 1.11. The molecule has 0 radical (unpaired) electrons. The first-order chi connectivity index (χ1) is 6.59. The lowest BCUT2D eigenvalue weighted by Crippen LogP contribution is -1.89. The quantitative estimate of drug-likeness (QED) is 0.690. The van der Waals surface area contributed by atoms with Gasteiger partial charge in [0.1, 0.15) is 0 Å². The fourth-order valence-electron chi connectivity index (χ4n) is 1.69. The van der Waals surface area contributed by atoms with Crippen LogP contribution in [0.15, 0.2) is 22.7 Å². The van der Waals surface area contributed by atoms with E-state index in [9.17, 15) is 0 Å². The highest BCUT2D eigenvalue weighted by atomic mass is 79.9. The van der Waals surface area contributed by atoms with Crippen molar-refractivity contribution in [2.24, 2.45) is 0 Å². The second-order valence-corrected chi connectivity index (χ2v) is 4.47. The van der Waals surface area contributed by atoms with Gasteiger partial charge >= 0.3 is 0 Å². The second-order valence-electron chi connectivity index (χ2n) is 3.67. The van der Waals surface area contributed by atoms with Crippen LogP contribution in [-0.4, -0.2) is 4.98 Å². The maximum absolute atomic E-state index is 4.55. The Balaban J connectivity index is 2.95. The van der Waals surface area contributed by atoms with Crippen molar-refractivity contribution in [2.75, 3.05) is 0 Å². The minimum atomic E-state index is 1.07. The number of nitrogens with zero attached hydrogens (tertiary/aromatic N) is 1. The van der Waals surface area contributed by atoms with E-state index in [2.05, 4.69) is 53.0 Å². The van der Waals surface area contributed by atoms with Gasteiger partial charge in [-0.3, -0.25) is 4.98 Å². The van der Waals surface area contributed by atoms with Crippen LogP contribution in [0.5, 0.6) is 0 Å². The normalized spacial score (nSPS) is 10.9. The molecule has 0 spiro atoms. The van der Waals surface area contributed by atoms with Crippen molar-refractivity contribution in [3.8, 4) is 0 Å². The zero-order valence-corrected chi connectivity index (χ0v) is 10.1. The number of rotatable bonds is 0. The van der Waals surface area contributed by atoms with Crippen molar-refractivity contribution in [3.63, 3.8) is 0 Å². The lowest BCUT2D eigenvalue weighted by atomic mass is 10.1. The first-order valence-corrected chi connectivity index (χ1v) is 5.42. The molecule has 0 aliphatic heterocycles. The molecule has 0 saturated carbocycles. The van der Waals surface area contributed by atoms with E-state index in [1.54, 1.807) is 0 Å². The highest BCUT2D eigenvalue weighted by Crippen LogP contribution is 2.27. The largest absolute Gasteiger partial charge is 0.252 e. The van der Waals surface area contributed by atoms with Crippen LogP contribution in [-0.2, 0) is 0 Å². The van der Waals surface area contributed by atoms with Crippen molar-refractivity contribution in [1.82, 2.24) is 4.98 Å². The highest BCUT2D eigenvalue weighted by Gasteiger charge is 2.05. The van der Waals surface area contributed by atoms with E-state index < -0.39 is 0 Å². The van der Waals surface area contributed by atoms with E-state index in [4.69, 9.17) is 0 Å². The first kappa shape index (κ1) is 9.66. The smallest absolute Gasteiger partial charge is 0.0852 e. The molecule has 0 fully saturated rings. The molecule has 1 nitrogen and oxygen atoms in total. The molecule has 2 rings (SSSR count). The van der Waals surface area contributed by atoms with Crippen LogP contribution >= 0.6 is 15.9 Å². The average molecular weight is 250 g/mol. The van der Waals surface area contributed by atoms with E-state index in [1.807, 2.05) is 6.92 Å². The van der Waals surface area contributed by atoms with Crippen molar-refractivity contribution in [3.05, 3.63) is 39.5 Å². The Morgan fingerprint density at radius 1 is 1.07 bits per heavy atom. The summed E-state index contributed by atoms with van der Waals surface area (Å²) in [7, 11) is 0. The van der Waals surface area contributed by atoms with Crippen LogP contribution in [0, 0.1) is 20.8 Å². The van der Waals surface area contributed by atoms with E-state index in [1.165, 1.54) is 16.5 Å². The molecule has 0 aliphatic carbocycles. The topological polar surface area (TPSA) is 12.9 Å². The molecule has 0 unspecified atom stereocenters. The van der Waals surface area contributed by atoms with Crippen LogP contribution in [0.4, 0.5) is 0 Å². The summed E-state index contributed by atoms with van der Waals surface area (Å²) >= 11 is 3.59. The Hall–Kier alpha value is -0.890. The second kappa shape index (κ2) is 3.35. The molecular formula is C12H12BrN. The van der Waals surface area contributed by atoms with Crippen LogP contribution < -0.4 is 0 Å². The summed E-state index contributed by atoms with van der Waals surface area (Å²) in [5.41, 5.74) is 4.66. The summed E-state index contributed by atoms with van der Waals surface area (Å²) in [6.07, 6.45) is 0. The number of fused-ring (bicyclic) bond motifs is 1. The van der Waals surface area contributed by atoms with Gasteiger partial charge in [0.2, 0.25) is 0 Å². The van der Waals surface area contributed by atoms with E-state index >= 15 is 0 Å². The summed E-state index contributed by atoms with van der Waals surface area (Å²) in [6, 6.07) is 6.37. The van der Waals surface area contributed by atoms with Gasteiger partial charge in [-0.15, -0.1) is 0 Å². The standard InChI is InChI=1S/C12H12BrN/c1-7-4-5-10-8(2)6-9(3)14-12(10)11(7)13/h4-6H,1-3H3. The van der Waals surface area contributed by atoms with E-state index in [0.717, 1.165) is 15.7 Å². The number of halogens is 1. The zero-order valence-electron chi connectivity index (χ0n) is 8.56. The number of hydrogen-bond donors (Lipinski definition) is 0. The molecule has 1 aromatic carbocycles. The van der Waals surface area contributed by atoms with Gasteiger partial charge in [-0.25, -0.2) is 0 Å². The van der Waals surface area contributed by atoms with Gasteiger partial charge in [-0.2, -0.15) is 0 Å². The summed E-state index contributed by atoms with van der Waals surface area (Å²) in [5, 5.41) is 1.23. The Kier molecular flexibility index (Phi) is 2.31. The van der Waals surface area contributed by atoms with Gasteiger partial charge in [0.25, 0.3) is 0 Å². The predicted octanol–water partition coefficient (Wildman–Crippen LogP) is 3.92. The molecule has 2 aromatic rings. The number of aryl methyl sites for hydroxylation is 3. The fraction of sp³-hybridized carbons (Fsp3) is 0.250. The van der Waals surface area contributed by atoms with Crippen LogP contribution in [0.1, 0.15) is 16.8 Å². The molecule has 1 aromatic heterocycles.